The average molecular weight is 165 g/mol. The molecule has 1 rings (SSSR count). The highest BCUT2D eigenvalue weighted by atomic mass is 16.5. The van der Waals surface area contributed by atoms with Gasteiger partial charge in [0.1, 0.15) is 5.75 Å². The van der Waals surface area contributed by atoms with Crippen LogP contribution in [-0.4, -0.2) is 13.7 Å². The lowest BCUT2D eigenvalue weighted by Gasteiger charge is -2.07. The minimum absolute atomic E-state index is 0.941. The average Bonchev–Trinajstić information content (AvgIpc) is 2.05. The molecule has 12 heavy (non-hydrogen) atoms. The molecule has 0 heterocycles. The standard InChI is InChI=1S/C10H15NO/c1-4-11-9-5-6-10(12-3)8(2)7-9/h5-7,11H,4H2,1-3H3. The highest BCUT2D eigenvalue weighted by Gasteiger charge is 1.97. The van der Waals surface area contributed by atoms with Gasteiger partial charge in [-0.3, -0.25) is 0 Å². The molecule has 0 radical (unpaired) electrons. The Kier molecular flexibility index (Phi) is 2.97. The van der Waals surface area contributed by atoms with Gasteiger partial charge in [-0.15, -0.1) is 0 Å². The zero-order chi connectivity index (χ0) is 8.97. The van der Waals surface area contributed by atoms with Gasteiger partial charge < -0.3 is 10.1 Å². The van der Waals surface area contributed by atoms with Crippen molar-refractivity contribution in [3.63, 3.8) is 0 Å². The third kappa shape index (κ3) is 1.91. The van der Waals surface area contributed by atoms with E-state index in [0.717, 1.165) is 23.5 Å². The van der Waals surface area contributed by atoms with E-state index in [1.165, 1.54) is 0 Å². The molecule has 0 saturated carbocycles. The maximum absolute atomic E-state index is 5.15. The predicted octanol–water partition coefficient (Wildman–Crippen LogP) is 2.44. The van der Waals surface area contributed by atoms with E-state index >= 15 is 0 Å². The summed E-state index contributed by atoms with van der Waals surface area (Å²) in [6.07, 6.45) is 0. The van der Waals surface area contributed by atoms with E-state index in [1.54, 1.807) is 7.11 Å². The van der Waals surface area contributed by atoms with Gasteiger partial charge in [0.25, 0.3) is 0 Å². The van der Waals surface area contributed by atoms with Crippen molar-refractivity contribution in [3.8, 4) is 5.75 Å². The summed E-state index contributed by atoms with van der Waals surface area (Å²) in [6, 6.07) is 6.09. The molecule has 0 aliphatic heterocycles. The van der Waals surface area contributed by atoms with Gasteiger partial charge >= 0.3 is 0 Å². The van der Waals surface area contributed by atoms with Crippen molar-refractivity contribution in [2.24, 2.45) is 0 Å². The smallest absolute Gasteiger partial charge is 0.121 e. The van der Waals surface area contributed by atoms with E-state index in [-0.39, 0.29) is 0 Å². The molecule has 0 amide bonds. The summed E-state index contributed by atoms with van der Waals surface area (Å²) >= 11 is 0. The van der Waals surface area contributed by atoms with E-state index in [0.29, 0.717) is 0 Å². The first-order valence-electron chi connectivity index (χ1n) is 4.16. The number of methoxy groups -OCH3 is 1. The summed E-state index contributed by atoms with van der Waals surface area (Å²) in [5.74, 6) is 0.941. The van der Waals surface area contributed by atoms with Crippen LogP contribution in [0.25, 0.3) is 0 Å². The normalized spacial score (nSPS) is 9.58. The molecular weight excluding hydrogens is 150 g/mol. The van der Waals surface area contributed by atoms with Crippen LogP contribution in [0.15, 0.2) is 18.2 Å². The monoisotopic (exact) mass is 165 g/mol. The molecule has 0 bridgehead atoms. The third-order valence-corrected chi connectivity index (χ3v) is 1.78. The van der Waals surface area contributed by atoms with Crippen molar-refractivity contribution >= 4 is 5.69 Å². The van der Waals surface area contributed by atoms with Crippen molar-refractivity contribution < 1.29 is 4.74 Å². The second-order valence-corrected chi connectivity index (χ2v) is 2.71. The predicted molar refractivity (Wildman–Crippen MR) is 51.9 cm³/mol. The molecule has 0 fully saturated rings. The summed E-state index contributed by atoms with van der Waals surface area (Å²) in [6.45, 7) is 5.07. The van der Waals surface area contributed by atoms with Crippen LogP contribution in [0.3, 0.4) is 0 Å². The van der Waals surface area contributed by atoms with Gasteiger partial charge in [-0.1, -0.05) is 0 Å². The topological polar surface area (TPSA) is 21.3 Å². The van der Waals surface area contributed by atoms with Gasteiger partial charge in [-0.25, -0.2) is 0 Å². The Hall–Kier alpha value is -1.18. The van der Waals surface area contributed by atoms with Crippen molar-refractivity contribution in [2.75, 3.05) is 19.0 Å². The van der Waals surface area contributed by atoms with E-state index in [1.807, 2.05) is 19.1 Å². The lowest BCUT2D eigenvalue weighted by Crippen LogP contribution is -1.97. The molecule has 0 atom stereocenters. The van der Waals surface area contributed by atoms with Crippen LogP contribution in [0.2, 0.25) is 0 Å². The minimum Gasteiger partial charge on any atom is -0.496 e. The first-order chi connectivity index (χ1) is 5.77. The number of rotatable bonds is 3. The first-order valence-corrected chi connectivity index (χ1v) is 4.16. The molecular formula is C10H15NO. The van der Waals surface area contributed by atoms with Crippen LogP contribution in [0.1, 0.15) is 12.5 Å². The molecule has 0 aromatic heterocycles. The number of hydrogen-bond donors (Lipinski definition) is 1. The number of benzene rings is 1. The Labute approximate surface area is 73.6 Å². The largest absolute Gasteiger partial charge is 0.496 e. The third-order valence-electron chi connectivity index (χ3n) is 1.78. The fourth-order valence-corrected chi connectivity index (χ4v) is 1.19. The van der Waals surface area contributed by atoms with Crippen LogP contribution >= 0.6 is 0 Å². The Morgan fingerprint density at radius 1 is 1.42 bits per heavy atom. The van der Waals surface area contributed by atoms with Gasteiger partial charge in [-0.05, 0) is 37.6 Å². The van der Waals surface area contributed by atoms with E-state index in [4.69, 9.17) is 4.74 Å². The van der Waals surface area contributed by atoms with E-state index < -0.39 is 0 Å². The summed E-state index contributed by atoms with van der Waals surface area (Å²) in [7, 11) is 1.69. The number of hydrogen-bond acceptors (Lipinski definition) is 2. The highest BCUT2D eigenvalue weighted by Crippen LogP contribution is 2.20. The van der Waals surface area contributed by atoms with E-state index in [9.17, 15) is 0 Å². The number of anilines is 1. The zero-order valence-electron chi connectivity index (χ0n) is 7.85. The molecule has 1 aromatic rings. The molecule has 1 aromatic carbocycles. The Morgan fingerprint density at radius 3 is 2.67 bits per heavy atom. The van der Waals surface area contributed by atoms with Gasteiger partial charge in [0.15, 0.2) is 0 Å². The van der Waals surface area contributed by atoms with Crippen molar-refractivity contribution in [3.05, 3.63) is 23.8 Å². The fraction of sp³-hybridized carbons (Fsp3) is 0.400. The van der Waals surface area contributed by atoms with Gasteiger partial charge in [0, 0.05) is 12.2 Å². The Morgan fingerprint density at radius 2 is 2.17 bits per heavy atom. The summed E-state index contributed by atoms with van der Waals surface area (Å²) < 4.78 is 5.15. The van der Waals surface area contributed by atoms with Crippen LogP contribution in [0.4, 0.5) is 5.69 Å². The van der Waals surface area contributed by atoms with Crippen LogP contribution < -0.4 is 10.1 Å². The highest BCUT2D eigenvalue weighted by molar-refractivity contribution is 5.50. The lowest BCUT2D eigenvalue weighted by molar-refractivity contribution is 0.412. The first kappa shape index (κ1) is 8.91. The van der Waals surface area contributed by atoms with Gasteiger partial charge in [0.05, 0.1) is 7.11 Å². The molecule has 66 valence electrons. The van der Waals surface area contributed by atoms with Gasteiger partial charge in [-0.2, -0.15) is 0 Å². The van der Waals surface area contributed by atoms with Crippen molar-refractivity contribution in [1.82, 2.24) is 0 Å². The zero-order valence-corrected chi connectivity index (χ0v) is 7.85. The van der Waals surface area contributed by atoms with Crippen molar-refractivity contribution in [2.45, 2.75) is 13.8 Å². The number of nitrogens with one attached hydrogen (secondary N) is 1. The van der Waals surface area contributed by atoms with Crippen LogP contribution in [0, 0.1) is 6.92 Å². The Balaban J connectivity index is 2.86. The van der Waals surface area contributed by atoms with E-state index in [2.05, 4.69) is 18.3 Å². The second-order valence-electron chi connectivity index (χ2n) is 2.71. The Bertz CT molecular complexity index is 258. The molecule has 0 saturated heterocycles. The molecule has 2 nitrogen and oxygen atoms in total. The van der Waals surface area contributed by atoms with Crippen molar-refractivity contribution in [1.29, 1.82) is 0 Å². The molecule has 0 aliphatic rings. The molecule has 0 unspecified atom stereocenters. The van der Waals surface area contributed by atoms with Crippen LogP contribution in [0.5, 0.6) is 5.75 Å². The number of ether oxygens (including phenoxy) is 1. The fourth-order valence-electron chi connectivity index (χ4n) is 1.19. The summed E-state index contributed by atoms with van der Waals surface area (Å²) in [5, 5.41) is 3.24. The number of aryl methyl sites for hydroxylation is 1. The SMILES string of the molecule is CCNc1ccc(OC)c(C)c1. The summed E-state index contributed by atoms with van der Waals surface area (Å²) in [4.78, 5) is 0. The van der Waals surface area contributed by atoms with Crippen LogP contribution in [-0.2, 0) is 0 Å². The molecule has 1 N–H and O–H groups in total. The molecule has 0 aliphatic carbocycles. The maximum atomic E-state index is 5.15. The lowest BCUT2D eigenvalue weighted by atomic mass is 10.2. The molecule has 0 spiro atoms. The maximum Gasteiger partial charge on any atom is 0.121 e. The minimum atomic E-state index is 0.941. The molecule has 2 heteroatoms. The van der Waals surface area contributed by atoms with Gasteiger partial charge in [0.2, 0.25) is 0 Å². The second kappa shape index (κ2) is 4.00. The quantitative estimate of drug-likeness (QED) is 0.742. The summed E-state index contributed by atoms with van der Waals surface area (Å²) in [5.41, 5.74) is 2.31.